The lowest BCUT2D eigenvalue weighted by Gasteiger charge is -2.15. The minimum absolute atomic E-state index is 0.0800. The number of nitrogen functional groups attached to an aromatic ring is 2. The Bertz CT molecular complexity index is 937. The Labute approximate surface area is 152 Å². The molecule has 26 heavy (non-hydrogen) atoms. The third-order valence-corrected chi connectivity index (χ3v) is 5.75. The molecule has 0 fully saturated rings. The minimum Gasteiger partial charge on any atom is -0.396 e. The Balaban J connectivity index is 1.95. The van der Waals surface area contributed by atoms with Crippen molar-refractivity contribution < 1.29 is 9.13 Å². The highest BCUT2D eigenvalue weighted by Crippen LogP contribution is 2.31. The molecule has 7 nitrogen and oxygen atoms in total. The summed E-state index contributed by atoms with van der Waals surface area (Å²) >= 11 is 0. The van der Waals surface area contributed by atoms with Crippen molar-refractivity contribution in [2.45, 2.75) is 32.4 Å². The highest BCUT2D eigenvalue weighted by molar-refractivity contribution is 6.76. The number of halogens is 1. The Hall–Kier alpha value is -2.52. The quantitative estimate of drug-likeness (QED) is 0.390. The first-order valence-electron chi connectivity index (χ1n) is 8.36. The molecular weight excluding hydrogens is 351 g/mol. The van der Waals surface area contributed by atoms with Gasteiger partial charge in [-0.25, -0.2) is 19.0 Å². The van der Waals surface area contributed by atoms with E-state index in [0.29, 0.717) is 28.9 Å². The number of benzene rings is 1. The summed E-state index contributed by atoms with van der Waals surface area (Å²) in [6, 6.07) is 5.59. The lowest BCUT2D eigenvalue weighted by Crippen LogP contribution is -2.22. The normalized spacial score (nSPS) is 12.0. The molecule has 2 heterocycles. The van der Waals surface area contributed by atoms with Gasteiger partial charge in [0.05, 0.1) is 11.1 Å². The van der Waals surface area contributed by atoms with Gasteiger partial charge in [0.1, 0.15) is 30.4 Å². The van der Waals surface area contributed by atoms with Crippen LogP contribution < -0.4 is 11.5 Å². The van der Waals surface area contributed by atoms with Crippen LogP contribution in [-0.2, 0) is 11.5 Å². The van der Waals surface area contributed by atoms with Crippen LogP contribution in [0.1, 0.15) is 0 Å². The molecule has 3 rings (SSSR count). The molecule has 0 atom stereocenters. The number of hydrogen-bond donors (Lipinski definition) is 2. The zero-order valence-corrected chi connectivity index (χ0v) is 16.2. The first-order valence-corrected chi connectivity index (χ1v) is 12.1. The summed E-state index contributed by atoms with van der Waals surface area (Å²) in [5, 5.41) is 5.11. The van der Waals surface area contributed by atoms with Gasteiger partial charge in [-0.15, -0.1) is 0 Å². The van der Waals surface area contributed by atoms with Crippen LogP contribution in [0, 0.1) is 5.82 Å². The molecule has 0 bridgehead atoms. The van der Waals surface area contributed by atoms with E-state index < -0.39 is 13.9 Å². The average molecular weight is 374 g/mol. The maximum atomic E-state index is 13.9. The fourth-order valence-corrected chi connectivity index (χ4v) is 3.28. The smallest absolute Gasteiger partial charge is 0.166 e. The summed E-state index contributed by atoms with van der Waals surface area (Å²) in [4.78, 5) is 8.31. The summed E-state index contributed by atoms with van der Waals surface area (Å²) in [7, 11) is -1.17. The zero-order chi connectivity index (χ0) is 18.9. The second kappa shape index (κ2) is 7.00. The number of nitrogens with two attached hydrogens (primary N) is 2. The third-order valence-electron chi connectivity index (χ3n) is 4.04. The monoisotopic (exact) mass is 374 g/mol. The van der Waals surface area contributed by atoms with Gasteiger partial charge < -0.3 is 16.2 Å². The van der Waals surface area contributed by atoms with Crippen LogP contribution in [0.25, 0.3) is 22.3 Å². The lowest BCUT2D eigenvalue weighted by atomic mass is 10.1. The van der Waals surface area contributed by atoms with Crippen molar-refractivity contribution in [1.29, 1.82) is 0 Å². The molecule has 0 aliphatic heterocycles. The van der Waals surface area contributed by atoms with Gasteiger partial charge in [-0.3, -0.25) is 0 Å². The Morgan fingerprint density at radius 3 is 2.65 bits per heavy atom. The maximum absolute atomic E-state index is 13.9. The van der Waals surface area contributed by atoms with E-state index >= 15 is 0 Å². The van der Waals surface area contributed by atoms with Gasteiger partial charge in [0.25, 0.3) is 0 Å². The topological polar surface area (TPSA) is 105 Å². The molecule has 0 saturated heterocycles. The average Bonchev–Trinajstić information content (AvgIpc) is 2.94. The van der Waals surface area contributed by atoms with Crippen LogP contribution >= 0.6 is 0 Å². The van der Waals surface area contributed by atoms with Crippen molar-refractivity contribution >= 4 is 30.6 Å². The van der Waals surface area contributed by atoms with Crippen molar-refractivity contribution in [2.24, 2.45) is 0 Å². The lowest BCUT2D eigenvalue weighted by molar-refractivity contribution is 0.0814. The molecule has 3 aromatic rings. The fourth-order valence-electron chi connectivity index (χ4n) is 2.53. The fraction of sp³-hybridized carbons (Fsp3) is 0.353. The molecule has 0 amide bonds. The highest BCUT2D eigenvalue weighted by Gasteiger charge is 2.18. The second-order valence-corrected chi connectivity index (χ2v) is 13.0. The van der Waals surface area contributed by atoms with Crippen molar-refractivity contribution in [3.8, 4) is 11.3 Å². The third kappa shape index (κ3) is 3.83. The molecule has 0 radical (unpaired) electrons. The number of nitrogens with zero attached hydrogens (tertiary/aromatic N) is 4. The van der Waals surface area contributed by atoms with E-state index in [0.717, 1.165) is 6.04 Å². The highest BCUT2D eigenvalue weighted by atomic mass is 28.3. The van der Waals surface area contributed by atoms with Gasteiger partial charge >= 0.3 is 0 Å². The molecule has 0 aliphatic carbocycles. The number of anilines is 2. The van der Waals surface area contributed by atoms with Gasteiger partial charge in [0, 0.05) is 20.2 Å². The molecule has 0 spiro atoms. The van der Waals surface area contributed by atoms with Crippen LogP contribution in [0.15, 0.2) is 24.5 Å². The number of ether oxygens (including phenoxy) is 1. The van der Waals surface area contributed by atoms with Crippen LogP contribution in [0.5, 0.6) is 0 Å². The molecular formula is C17H23FN6OSi. The number of aromatic nitrogens is 4. The molecule has 0 unspecified atom stereocenters. The molecule has 4 N–H and O–H groups in total. The first-order chi connectivity index (χ1) is 12.3. The van der Waals surface area contributed by atoms with E-state index in [1.165, 1.54) is 18.5 Å². The minimum atomic E-state index is -1.17. The summed E-state index contributed by atoms with van der Waals surface area (Å²) in [5.41, 5.74) is 13.3. The van der Waals surface area contributed by atoms with Crippen molar-refractivity contribution in [3.05, 3.63) is 30.3 Å². The number of hydrogen-bond acceptors (Lipinski definition) is 6. The van der Waals surface area contributed by atoms with E-state index in [1.807, 2.05) is 0 Å². The predicted octanol–water partition coefficient (Wildman–Crippen LogP) is 3.11. The molecule has 9 heteroatoms. The van der Waals surface area contributed by atoms with Crippen LogP contribution in [-0.4, -0.2) is 34.4 Å². The molecule has 0 aliphatic rings. The van der Waals surface area contributed by atoms with Gasteiger partial charge in [0.15, 0.2) is 5.65 Å². The SMILES string of the molecule is C[Si](C)(C)CCOCn1nc(-c2ccc(N)c(F)c2)c2c(N)ncnc21. The summed E-state index contributed by atoms with van der Waals surface area (Å²) in [6.07, 6.45) is 1.38. The van der Waals surface area contributed by atoms with Gasteiger partial charge in [-0.05, 0) is 18.2 Å². The van der Waals surface area contributed by atoms with Crippen LogP contribution in [0.4, 0.5) is 15.9 Å². The van der Waals surface area contributed by atoms with E-state index in [2.05, 4.69) is 34.7 Å². The molecule has 1 aromatic carbocycles. The van der Waals surface area contributed by atoms with Crippen molar-refractivity contribution in [2.75, 3.05) is 18.1 Å². The summed E-state index contributed by atoms with van der Waals surface area (Å²) < 4.78 is 21.3. The van der Waals surface area contributed by atoms with E-state index in [4.69, 9.17) is 16.2 Å². The van der Waals surface area contributed by atoms with Gasteiger partial charge in [-0.2, -0.15) is 5.10 Å². The van der Waals surface area contributed by atoms with Crippen molar-refractivity contribution in [3.63, 3.8) is 0 Å². The number of fused-ring (bicyclic) bond motifs is 1. The van der Waals surface area contributed by atoms with Crippen molar-refractivity contribution in [1.82, 2.24) is 19.7 Å². The van der Waals surface area contributed by atoms with E-state index in [9.17, 15) is 4.39 Å². The predicted molar refractivity (Wildman–Crippen MR) is 104 cm³/mol. The standard InChI is InChI=1S/C17H23FN6OSi/c1-26(2,3)7-6-25-10-24-17-14(16(20)21-9-22-17)15(23-24)11-4-5-13(19)12(18)8-11/h4-5,8-9H,6-7,10,19H2,1-3H3,(H2,20,21,22). The van der Waals surface area contributed by atoms with Crippen LogP contribution in [0.3, 0.4) is 0 Å². The largest absolute Gasteiger partial charge is 0.396 e. The van der Waals surface area contributed by atoms with E-state index in [-0.39, 0.29) is 18.2 Å². The molecule has 0 saturated carbocycles. The number of rotatable bonds is 6. The summed E-state index contributed by atoms with van der Waals surface area (Å²) in [6.45, 7) is 7.78. The van der Waals surface area contributed by atoms with E-state index in [1.54, 1.807) is 10.7 Å². The maximum Gasteiger partial charge on any atom is 0.166 e. The second-order valence-electron chi connectivity index (χ2n) is 7.39. The van der Waals surface area contributed by atoms with Gasteiger partial charge in [0.2, 0.25) is 0 Å². The van der Waals surface area contributed by atoms with Gasteiger partial charge in [-0.1, -0.05) is 25.7 Å². The Morgan fingerprint density at radius 2 is 1.96 bits per heavy atom. The summed E-state index contributed by atoms with van der Waals surface area (Å²) in [5.74, 6) is -0.220. The Morgan fingerprint density at radius 1 is 1.19 bits per heavy atom. The Kier molecular flexibility index (Phi) is 4.92. The van der Waals surface area contributed by atoms with Crippen LogP contribution in [0.2, 0.25) is 25.7 Å². The molecule has 2 aromatic heterocycles. The zero-order valence-electron chi connectivity index (χ0n) is 15.2. The molecule has 138 valence electrons. The first kappa shape index (κ1) is 18.3.